The predicted molar refractivity (Wildman–Crippen MR) is 98.5 cm³/mol. The van der Waals surface area contributed by atoms with E-state index in [-0.39, 0.29) is 17.5 Å². The minimum Gasteiger partial charge on any atom is -0.497 e. The van der Waals surface area contributed by atoms with Crippen molar-refractivity contribution in [2.45, 2.75) is 13.0 Å². The SMILES string of the molecule is COc1cccc([C@@H](C)NC(=O)c2ccc(-c3ccncc3)c(F)c2)c1. The average molecular weight is 350 g/mol. The van der Waals surface area contributed by atoms with Crippen molar-refractivity contribution in [1.29, 1.82) is 0 Å². The molecule has 0 spiro atoms. The molecule has 1 atom stereocenters. The summed E-state index contributed by atoms with van der Waals surface area (Å²) in [7, 11) is 1.59. The van der Waals surface area contributed by atoms with Crippen LogP contribution in [0.4, 0.5) is 4.39 Å². The maximum atomic E-state index is 14.4. The number of hydrogen-bond acceptors (Lipinski definition) is 3. The van der Waals surface area contributed by atoms with E-state index in [4.69, 9.17) is 4.74 Å². The minimum atomic E-state index is -0.446. The standard InChI is InChI=1S/C21H19FN2O2/c1-14(16-4-3-5-18(12-16)26-2)24-21(25)17-6-7-19(20(22)13-17)15-8-10-23-11-9-15/h3-14H,1-2H3,(H,24,25)/t14-/m1/s1. The van der Waals surface area contributed by atoms with Crippen LogP contribution in [0, 0.1) is 5.82 Å². The fourth-order valence-electron chi connectivity index (χ4n) is 2.70. The topological polar surface area (TPSA) is 51.2 Å². The number of amides is 1. The van der Waals surface area contributed by atoms with Gasteiger partial charge in [-0.2, -0.15) is 0 Å². The number of halogens is 1. The van der Waals surface area contributed by atoms with E-state index in [0.717, 1.165) is 11.3 Å². The van der Waals surface area contributed by atoms with Crippen molar-refractivity contribution < 1.29 is 13.9 Å². The van der Waals surface area contributed by atoms with Gasteiger partial charge in [-0.15, -0.1) is 0 Å². The van der Waals surface area contributed by atoms with E-state index >= 15 is 0 Å². The van der Waals surface area contributed by atoms with Crippen molar-refractivity contribution in [3.05, 3.63) is 83.9 Å². The first-order chi connectivity index (χ1) is 12.6. The number of hydrogen-bond donors (Lipinski definition) is 1. The number of benzene rings is 2. The van der Waals surface area contributed by atoms with Gasteiger partial charge in [0.25, 0.3) is 5.91 Å². The number of ether oxygens (including phenoxy) is 1. The van der Waals surface area contributed by atoms with E-state index in [1.54, 1.807) is 43.8 Å². The zero-order valence-electron chi connectivity index (χ0n) is 14.6. The Labute approximate surface area is 151 Å². The Morgan fingerprint density at radius 1 is 1.12 bits per heavy atom. The van der Waals surface area contributed by atoms with Crippen LogP contribution >= 0.6 is 0 Å². The number of methoxy groups -OCH3 is 1. The fourth-order valence-corrected chi connectivity index (χ4v) is 2.70. The molecule has 0 aliphatic heterocycles. The molecule has 0 saturated carbocycles. The zero-order chi connectivity index (χ0) is 18.5. The van der Waals surface area contributed by atoms with Crippen LogP contribution in [-0.4, -0.2) is 18.0 Å². The van der Waals surface area contributed by atoms with Gasteiger partial charge >= 0.3 is 0 Å². The van der Waals surface area contributed by atoms with E-state index in [2.05, 4.69) is 10.3 Å². The molecular weight excluding hydrogens is 331 g/mol. The molecule has 0 saturated heterocycles. The molecule has 1 heterocycles. The van der Waals surface area contributed by atoms with Gasteiger partial charge in [-0.1, -0.05) is 18.2 Å². The first-order valence-electron chi connectivity index (χ1n) is 8.23. The van der Waals surface area contributed by atoms with Crippen molar-refractivity contribution in [2.75, 3.05) is 7.11 Å². The summed E-state index contributed by atoms with van der Waals surface area (Å²) in [5.74, 6) is -0.0604. The Morgan fingerprint density at radius 3 is 2.58 bits per heavy atom. The summed E-state index contributed by atoms with van der Waals surface area (Å²) in [6.45, 7) is 1.87. The molecule has 3 aromatic rings. The summed E-state index contributed by atoms with van der Waals surface area (Å²) < 4.78 is 19.6. The number of carbonyl (C=O) groups excluding carboxylic acids is 1. The third kappa shape index (κ3) is 3.88. The number of aromatic nitrogens is 1. The van der Waals surface area contributed by atoms with Crippen molar-refractivity contribution in [3.8, 4) is 16.9 Å². The second kappa shape index (κ2) is 7.78. The molecule has 1 aromatic heterocycles. The molecule has 1 amide bonds. The molecule has 0 unspecified atom stereocenters. The molecule has 0 bridgehead atoms. The number of nitrogens with zero attached hydrogens (tertiary/aromatic N) is 1. The molecule has 0 radical (unpaired) electrons. The molecule has 1 N–H and O–H groups in total. The average Bonchev–Trinajstić information content (AvgIpc) is 2.68. The molecule has 0 aliphatic rings. The van der Waals surface area contributed by atoms with Crippen LogP contribution in [-0.2, 0) is 0 Å². The van der Waals surface area contributed by atoms with Crippen LogP contribution in [0.3, 0.4) is 0 Å². The summed E-state index contributed by atoms with van der Waals surface area (Å²) in [6, 6.07) is 15.2. The smallest absolute Gasteiger partial charge is 0.251 e. The summed E-state index contributed by atoms with van der Waals surface area (Å²) in [5.41, 5.74) is 2.33. The Bertz CT molecular complexity index is 913. The molecule has 132 valence electrons. The molecular formula is C21H19FN2O2. The lowest BCUT2D eigenvalue weighted by Crippen LogP contribution is -2.26. The van der Waals surface area contributed by atoms with Gasteiger partial charge in [-0.05, 0) is 54.4 Å². The van der Waals surface area contributed by atoms with Gasteiger partial charge in [0.15, 0.2) is 0 Å². The van der Waals surface area contributed by atoms with Gasteiger partial charge < -0.3 is 10.1 Å². The van der Waals surface area contributed by atoms with Crippen molar-refractivity contribution in [1.82, 2.24) is 10.3 Å². The fraction of sp³-hybridized carbons (Fsp3) is 0.143. The minimum absolute atomic E-state index is 0.236. The monoisotopic (exact) mass is 350 g/mol. The highest BCUT2D eigenvalue weighted by atomic mass is 19.1. The van der Waals surface area contributed by atoms with Crippen molar-refractivity contribution in [3.63, 3.8) is 0 Å². The maximum Gasteiger partial charge on any atom is 0.251 e. The number of nitrogens with one attached hydrogen (secondary N) is 1. The summed E-state index contributed by atoms with van der Waals surface area (Å²) in [4.78, 5) is 16.4. The van der Waals surface area contributed by atoms with Gasteiger partial charge in [-0.25, -0.2) is 4.39 Å². The van der Waals surface area contributed by atoms with Gasteiger partial charge in [0.1, 0.15) is 11.6 Å². The van der Waals surface area contributed by atoms with Gasteiger partial charge in [-0.3, -0.25) is 9.78 Å². The second-order valence-electron chi connectivity index (χ2n) is 5.90. The van der Waals surface area contributed by atoms with Gasteiger partial charge in [0, 0.05) is 23.5 Å². The lowest BCUT2D eigenvalue weighted by Gasteiger charge is -2.15. The van der Waals surface area contributed by atoms with Crippen LogP contribution in [0.2, 0.25) is 0 Å². The van der Waals surface area contributed by atoms with Crippen LogP contribution in [0.5, 0.6) is 5.75 Å². The third-order valence-corrected chi connectivity index (χ3v) is 4.16. The molecule has 4 nitrogen and oxygen atoms in total. The molecule has 2 aromatic carbocycles. The third-order valence-electron chi connectivity index (χ3n) is 4.16. The zero-order valence-corrected chi connectivity index (χ0v) is 14.6. The first kappa shape index (κ1) is 17.6. The Hall–Kier alpha value is -3.21. The largest absolute Gasteiger partial charge is 0.497 e. The highest BCUT2D eigenvalue weighted by Gasteiger charge is 2.14. The predicted octanol–water partition coefficient (Wildman–Crippen LogP) is 4.39. The Balaban J connectivity index is 1.76. The first-order valence-corrected chi connectivity index (χ1v) is 8.23. The van der Waals surface area contributed by atoms with Gasteiger partial charge in [0.05, 0.1) is 13.2 Å². The Morgan fingerprint density at radius 2 is 1.88 bits per heavy atom. The lowest BCUT2D eigenvalue weighted by atomic mass is 10.0. The molecule has 5 heteroatoms. The van der Waals surface area contributed by atoms with Gasteiger partial charge in [0.2, 0.25) is 0 Å². The second-order valence-corrected chi connectivity index (χ2v) is 5.90. The molecule has 0 fully saturated rings. The maximum absolute atomic E-state index is 14.4. The van der Waals surface area contributed by atoms with E-state index in [0.29, 0.717) is 11.1 Å². The molecule has 0 aliphatic carbocycles. The summed E-state index contributed by atoms with van der Waals surface area (Å²) in [5, 5.41) is 2.88. The van der Waals surface area contributed by atoms with Crippen LogP contribution in [0.25, 0.3) is 11.1 Å². The van der Waals surface area contributed by atoms with Crippen LogP contribution < -0.4 is 10.1 Å². The van der Waals surface area contributed by atoms with E-state index in [9.17, 15) is 9.18 Å². The lowest BCUT2D eigenvalue weighted by molar-refractivity contribution is 0.0939. The number of rotatable bonds is 5. The van der Waals surface area contributed by atoms with Crippen molar-refractivity contribution in [2.24, 2.45) is 0 Å². The summed E-state index contributed by atoms with van der Waals surface area (Å²) in [6.07, 6.45) is 3.20. The highest BCUT2D eigenvalue weighted by molar-refractivity contribution is 5.95. The van der Waals surface area contributed by atoms with E-state index < -0.39 is 5.82 Å². The summed E-state index contributed by atoms with van der Waals surface area (Å²) >= 11 is 0. The number of carbonyl (C=O) groups is 1. The number of pyridine rings is 1. The van der Waals surface area contributed by atoms with Crippen molar-refractivity contribution >= 4 is 5.91 Å². The highest BCUT2D eigenvalue weighted by Crippen LogP contribution is 2.24. The van der Waals surface area contributed by atoms with E-state index in [1.165, 1.54) is 6.07 Å². The molecule has 3 rings (SSSR count). The van der Waals surface area contributed by atoms with Crippen LogP contribution in [0.15, 0.2) is 67.0 Å². The van der Waals surface area contributed by atoms with E-state index in [1.807, 2.05) is 31.2 Å². The Kier molecular flexibility index (Phi) is 5.27. The van der Waals surface area contributed by atoms with Crippen LogP contribution in [0.1, 0.15) is 28.9 Å². The molecule has 26 heavy (non-hydrogen) atoms. The quantitative estimate of drug-likeness (QED) is 0.743. The normalized spacial score (nSPS) is 11.7.